The highest BCUT2D eigenvalue weighted by atomic mass is 19.1. The first kappa shape index (κ1) is 12.6. The van der Waals surface area contributed by atoms with Crippen molar-refractivity contribution in [1.82, 2.24) is 14.9 Å². The Hall–Kier alpha value is -1.46. The van der Waals surface area contributed by atoms with Crippen molar-refractivity contribution >= 4 is 11.0 Å². The summed E-state index contributed by atoms with van der Waals surface area (Å²) in [5, 5.41) is 3.27. The Morgan fingerprint density at radius 3 is 3.05 bits per heavy atom. The third-order valence-electron chi connectivity index (χ3n) is 3.84. The molecule has 1 aliphatic rings. The Labute approximate surface area is 111 Å². The fourth-order valence-corrected chi connectivity index (χ4v) is 2.82. The maximum atomic E-state index is 13.4. The van der Waals surface area contributed by atoms with Crippen molar-refractivity contribution < 1.29 is 9.13 Å². The number of imidazole rings is 1. The molecule has 5 heteroatoms. The van der Waals surface area contributed by atoms with Gasteiger partial charge in [0.15, 0.2) is 0 Å². The minimum absolute atomic E-state index is 0.221. The lowest BCUT2D eigenvalue weighted by Gasteiger charge is -2.17. The lowest BCUT2D eigenvalue weighted by molar-refractivity contribution is 0.187. The second-order valence-electron chi connectivity index (χ2n) is 4.89. The van der Waals surface area contributed by atoms with Crippen molar-refractivity contribution in [2.45, 2.75) is 25.4 Å². The minimum atomic E-state index is -0.221. The van der Waals surface area contributed by atoms with Crippen LogP contribution < -0.4 is 5.32 Å². The number of rotatable bonds is 3. The number of halogens is 1. The van der Waals surface area contributed by atoms with Gasteiger partial charge in [-0.15, -0.1) is 0 Å². The van der Waals surface area contributed by atoms with E-state index in [0.717, 1.165) is 23.4 Å². The summed E-state index contributed by atoms with van der Waals surface area (Å²) in [4.78, 5) is 4.68. The first-order valence-electron chi connectivity index (χ1n) is 6.65. The van der Waals surface area contributed by atoms with Gasteiger partial charge >= 0.3 is 0 Å². The quantitative estimate of drug-likeness (QED) is 0.919. The van der Waals surface area contributed by atoms with Crippen LogP contribution in [0.5, 0.6) is 0 Å². The molecule has 0 spiro atoms. The molecule has 2 aromatic rings. The molecule has 1 aliphatic heterocycles. The van der Waals surface area contributed by atoms with E-state index in [1.165, 1.54) is 6.07 Å². The largest absolute Gasteiger partial charge is 0.379 e. The summed E-state index contributed by atoms with van der Waals surface area (Å²) in [6.45, 7) is 4.20. The molecule has 4 nitrogen and oxygen atoms in total. The van der Waals surface area contributed by atoms with Crippen molar-refractivity contribution in [2.24, 2.45) is 0 Å². The fraction of sp³-hybridized carbons (Fsp3) is 0.500. The number of hydrogen-bond acceptors (Lipinski definition) is 3. The van der Waals surface area contributed by atoms with Gasteiger partial charge in [0.25, 0.3) is 0 Å². The number of benzene rings is 1. The Morgan fingerprint density at radius 2 is 2.32 bits per heavy atom. The van der Waals surface area contributed by atoms with Crippen molar-refractivity contribution in [3.8, 4) is 0 Å². The summed E-state index contributed by atoms with van der Waals surface area (Å²) in [5.74, 6) is 0.988. The molecule has 102 valence electrons. The average molecular weight is 263 g/mol. The Morgan fingerprint density at radius 1 is 1.47 bits per heavy atom. The molecule has 1 saturated heterocycles. The van der Waals surface area contributed by atoms with Crippen molar-refractivity contribution in [3.63, 3.8) is 0 Å². The Kier molecular flexibility index (Phi) is 3.24. The molecular formula is C14H18FN3O. The molecule has 0 amide bonds. The van der Waals surface area contributed by atoms with Gasteiger partial charge in [-0.3, -0.25) is 0 Å². The molecule has 0 aliphatic carbocycles. The number of fused-ring (bicyclic) bond motifs is 1. The van der Waals surface area contributed by atoms with Crippen molar-refractivity contribution in [1.29, 1.82) is 0 Å². The number of nitrogens with one attached hydrogen (secondary N) is 1. The van der Waals surface area contributed by atoms with E-state index in [2.05, 4.69) is 21.8 Å². The minimum Gasteiger partial charge on any atom is -0.379 e. The van der Waals surface area contributed by atoms with E-state index in [1.807, 2.05) is 7.05 Å². The van der Waals surface area contributed by atoms with E-state index in [9.17, 15) is 4.39 Å². The third kappa shape index (κ3) is 2.03. The molecule has 1 N–H and O–H groups in total. The number of hydrogen-bond donors (Lipinski definition) is 1. The SMILES string of the molecule is CCn1c(C2COCC2NC)nc2ccc(F)cc21. The van der Waals surface area contributed by atoms with E-state index >= 15 is 0 Å². The monoisotopic (exact) mass is 263 g/mol. The van der Waals surface area contributed by atoms with Crippen LogP contribution in [0.25, 0.3) is 11.0 Å². The molecule has 3 rings (SSSR count). The van der Waals surface area contributed by atoms with Gasteiger partial charge in [0.1, 0.15) is 11.6 Å². The van der Waals surface area contributed by atoms with Crippen LogP contribution >= 0.6 is 0 Å². The van der Waals surface area contributed by atoms with Gasteiger partial charge in [-0.25, -0.2) is 9.37 Å². The highest BCUT2D eigenvalue weighted by Gasteiger charge is 2.32. The zero-order chi connectivity index (χ0) is 13.4. The van der Waals surface area contributed by atoms with E-state index < -0.39 is 0 Å². The van der Waals surface area contributed by atoms with Gasteiger partial charge in [0.05, 0.1) is 30.2 Å². The maximum Gasteiger partial charge on any atom is 0.125 e. The molecule has 1 aromatic heterocycles. The van der Waals surface area contributed by atoms with Crippen LogP contribution in [-0.2, 0) is 11.3 Å². The second kappa shape index (κ2) is 4.90. The summed E-state index contributed by atoms with van der Waals surface area (Å²) in [6.07, 6.45) is 0. The highest BCUT2D eigenvalue weighted by Crippen LogP contribution is 2.28. The standard InChI is InChI=1S/C14H18FN3O/c1-3-18-13-6-9(15)4-5-11(13)17-14(18)10-7-19-8-12(10)16-2/h4-6,10,12,16H,3,7-8H2,1-2H3. The second-order valence-corrected chi connectivity index (χ2v) is 4.89. The van der Waals surface area contributed by atoms with Gasteiger partial charge < -0.3 is 14.6 Å². The van der Waals surface area contributed by atoms with E-state index in [4.69, 9.17) is 4.74 Å². The Balaban J connectivity index is 2.12. The van der Waals surface area contributed by atoms with Gasteiger partial charge in [-0.1, -0.05) is 0 Å². The van der Waals surface area contributed by atoms with Crippen molar-refractivity contribution in [3.05, 3.63) is 29.8 Å². The molecule has 1 aromatic carbocycles. The Bertz CT molecular complexity index is 596. The topological polar surface area (TPSA) is 39.1 Å². The summed E-state index contributed by atoms with van der Waals surface area (Å²) in [7, 11) is 1.94. The smallest absolute Gasteiger partial charge is 0.125 e. The normalized spacial score (nSPS) is 23.3. The first-order chi connectivity index (χ1) is 9.24. The predicted octanol–water partition coefficient (Wildman–Crippen LogP) is 1.90. The summed E-state index contributed by atoms with van der Waals surface area (Å²) < 4.78 is 21.0. The number of nitrogens with zero attached hydrogens (tertiary/aromatic N) is 2. The predicted molar refractivity (Wildman–Crippen MR) is 71.8 cm³/mol. The number of aromatic nitrogens is 2. The summed E-state index contributed by atoms with van der Waals surface area (Å²) in [6, 6.07) is 5.02. The molecule has 1 fully saturated rings. The molecule has 2 unspecified atom stereocenters. The number of likely N-dealkylation sites (N-methyl/N-ethyl adjacent to an activating group) is 1. The highest BCUT2D eigenvalue weighted by molar-refractivity contribution is 5.76. The van der Waals surface area contributed by atoms with Crippen LogP contribution in [0.2, 0.25) is 0 Å². The van der Waals surface area contributed by atoms with Crippen LogP contribution in [0.3, 0.4) is 0 Å². The maximum absolute atomic E-state index is 13.4. The van der Waals surface area contributed by atoms with Crippen LogP contribution in [0, 0.1) is 5.82 Å². The molecule has 0 saturated carbocycles. The lowest BCUT2D eigenvalue weighted by Crippen LogP contribution is -2.32. The van der Waals surface area contributed by atoms with Gasteiger partial charge in [0, 0.05) is 12.6 Å². The van der Waals surface area contributed by atoms with Crippen molar-refractivity contribution in [2.75, 3.05) is 20.3 Å². The van der Waals surface area contributed by atoms with E-state index in [0.29, 0.717) is 13.2 Å². The van der Waals surface area contributed by atoms with Gasteiger partial charge in [0.2, 0.25) is 0 Å². The molecule has 2 heterocycles. The molecule has 2 atom stereocenters. The summed E-state index contributed by atoms with van der Waals surface area (Å²) >= 11 is 0. The van der Waals surface area contributed by atoms with Gasteiger partial charge in [-0.05, 0) is 32.2 Å². The van der Waals surface area contributed by atoms with Crippen LogP contribution in [0.4, 0.5) is 4.39 Å². The fourth-order valence-electron chi connectivity index (χ4n) is 2.82. The third-order valence-corrected chi connectivity index (χ3v) is 3.84. The lowest BCUT2D eigenvalue weighted by atomic mass is 10.0. The van der Waals surface area contributed by atoms with Crippen LogP contribution in [0.15, 0.2) is 18.2 Å². The first-order valence-corrected chi connectivity index (χ1v) is 6.65. The van der Waals surface area contributed by atoms with Crippen LogP contribution in [0.1, 0.15) is 18.7 Å². The summed E-state index contributed by atoms with van der Waals surface area (Å²) in [5.41, 5.74) is 1.71. The zero-order valence-corrected chi connectivity index (χ0v) is 11.2. The molecule has 19 heavy (non-hydrogen) atoms. The van der Waals surface area contributed by atoms with E-state index in [1.54, 1.807) is 12.1 Å². The molecule has 0 radical (unpaired) electrons. The van der Waals surface area contributed by atoms with Crippen LogP contribution in [-0.4, -0.2) is 35.9 Å². The number of ether oxygens (including phenoxy) is 1. The molecular weight excluding hydrogens is 245 g/mol. The zero-order valence-electron chi connectivity index (χ0n) is 11.2. The molecule has 0 bridgehead atoms. The van der Waals surface area contributed by atoms with Gasteiger partial charge in [-0.2, -0.15) is 0 Å². The average Bonchev–Trinajstić information content (AvgIpc) is 3.00. The number of aryl methyl sites for hydroxylation is 1. The van der Waals surface area contributed by atoms with E-state index in [-0.39, 0.29) is 17.8 Å².